The summed E-state index contributed by atoms with van der Waals surface area (Å²) in [6.07, 6.45) is 8.43. The molecule has 2 aromatic heterocycles. The molecular weight excluding hydrogens is 345 g/mol. The molecule has 3 aromatic rings. The van der Waals surface area contributed by atoms with Crippen LogP contribution in [-0.4, -0.2) is 20.9 Å². The molecule has 2 heterocycles. The van der Waals surface area contributed by atoms with Crippen LogP contribution in [0, 0.1) is 5.82 Å². The number of nitrogens with one attached hydrogen (secondary N) is 1. The highest BCUT2D eigenvalue weighted by atomic mass is 19.1. The van der Waals surface area contributed by atoms with Crippen molar-refractivity contribution in [2.45, 2.75) is 57.5 Å². The Balaban J connectivity index is 1.52. The lowest BCUT2D eigenvalue weighted by atomic mass is 9.95. The third-order valence-electron chi connectivity index (χ3n) is 5.46. The van der Waals surface area contributed by atoms with Crippen molar-refractivity contribution < 1.29 is 9.18 Å². The Hall–Kier alpha value is -2.63. The van der Waals surface area contributed by atoms with E-state index < -0.39 is 0 Å². The summed E-state index contributed by atoms with van der Waals surface area (Å²) in [5, 5.41) is 3.10. The molecule has 0 bridgehead atoms. The predicted octanol–water partition coefficient (Wildman–Crippen LogP) is 3.62. The van der Waals surface area contributed by atoms with Crippen molar-refractivity contribution in [1.82, 2.24) is 14.3 Å². The first kappa shape index (κ1) is 17.8. The molecular formula is C21H24FN3O2. The summed E-state index contributed by atoms with van der Waals surface area (Å²) in [7, 11) is 0. The molecule has 1 N–H and O–H groups in total. The minimum absolute atomic E-state index is 0.0363. The number of carbonyl (C=O) groups is 1. The maximum Gasteiger partial charge on any atom is 0.275 e. The van der Waals surface area contributed by atoms with E-state index in [0.717, 1.165) is 18.4 Å². The summed E-state index contributed by atoms with van der Waals surface area (Å²) in [6, 6.07) is 8.33. The summed E-state index contributed by atoms with van der Waals surface area (Å²) in [5.74, 6) is -0.341. The van der Waals surface area contributed by atoms with Crippen molar-refractivity contribution in [3.63, 3.8) is 0 Å². The van der Waals surface area contributed by atoms with E-state index in [-0.39, 0.29) is 17.3 Å². The second-order valence-corrected chi connectivity index (χ2v) is 7.36. The summed E-state index contributed by atoms with van der Waals surface area (Å²) >= 11 is 0. The molecule has 0 aliphatic heterocycles. The quantitative estimate of drug-likeness (QED) is 0.747. The summed E-state index contributed by atoms with van der Waals surface area (Å²) < 4.78 is 17.2. The monoisotopic (exact) mass is 369 g/mol. The number of aromatic nitrogens is 2. The fourth-order valence-corrected chi connectivity index (χ4v) is 4.10. The number of rotatable bonds is 5. The molecule has 1 amide bonds. The Labute approximate surface area is 156 Å². The van der Waals surface area contributed by atoms with E-state index >= 15 is 0 Å². The van der Waals surface area contributed by atoms with Crippen LogP contribution in [0.15, 0.2) is 41.3 Å². The number of amides is 1. The van der Waals surface area contributed by atoms with Gasteiger partial charge in [0.1, 0.15) is 11.3 Å². The van der Waals surface area contributed by atoms with Crippen molar-refractivity contribution in [1.29, 1.82) is 0 Å². The third kappa shape index (κ3) is 3.61. The molecule has 1 saturated carbocycles. The van der Waals surface area contributed by atoms with E-state index in [1.807, 2.05) is 6.07 Å². The van der Waals surface area contributed by atoms with Crippen molar-refractivity contribution in [2.75, 3.05) is 0 Å². The lowest BCUT2D eigenvalue weighted by molar-refractivity contribution is -0.122. The van der Waals surface area contributed by atoms with Gasteiger partial charge >= 0.3 is 0 Å². The van der Waals surface area contributed by atoms with Gasteiger partial charge in [-0.2, -0.15) is 0 Å². The van der Waals surface area contributed by atoms with E-state index in [1.165, 1.54) is 31.4 Å². The molecule has 4 rings (SSSR count). The van der Waals surface area contributed by atoms with Gasteiger partial charge in [0.15, 0.2) is 0 Å². The number of carbonyl (C=O) groups excluding carboxylic acids is 1. The number of nitrogens with zero attached hydrogens (tertiary/aromatic N) is 2. The molecule has 142 valence electrons. The molecule has 0 unspecified atom stereocenters. The minimum Gasteiger partial charge on any atom is -0.353 e. The number of aryl methyl sites for hydroxylation is 1. The van der Waals surface area contributed by atoms with Gasteiger partial charge in [0.2, 0.25) is 5.91 Å². The normalized spacial score (nSPS) is 15.4. The third-order valence-corrected chi connectivity index (χ3v) is 5.46. The highest BCUT2D eigenvalue weighted by molar-refractivity contribution is 5.79. The van der Waals surface area contributed by atoms with Crippen LogP contribution in [0.25, 0.3) is 16.6 Å². The van der Waals surface area contributed by atoms with Gasteiger partial charge in [-0.05, 0) is 49.6 Å². The predicted molar refractivity (Wildman–Crippen MR) is 103 cm³/mol. The Morgan fingerprint density at radius 2 is 1.93 bits per heavy atom. The van der Waals surface area contributed by atoms with Crippen LogP contribution in [0.3, 0.4) is 0 Å². The number of halogens is 1. The van der Waals surface area contributed by atoms with Crippen LogP contribution < -0.4 is 10.9 Å². The van der Waals surface area contributed by atoms with E-state index in [4.69, 9.17) is 0 Å². The standard InChI is InChI=1S/C21H24FN3O2/c22-15-10-11-17-19(14-15)25(21(27)18-8-4-12-24(17)18)13-5-9-20(26)23-16-6-2-1-3-7-16/h4,8,10-12,14,16H,1-3,5-7,9,13H2,(H,23,26). The topological polar surface area (TPSA) is 55.5 Å². The molecule has 6 heteroatoms. The van der Waals surface area contributed by atoms with Crippen LogP contribution in [0.4, 0.5) is 4.39 Å². The molecule has 0 spiro atoms. The molecule has 0 saturated heterocycles. The molecule has 0 atom stereocenters. The maximum atomic E-state index is 13.8. The Morgan fingerprint density at radius 1 is 1.11 bits per heavy atom. The summed E-state index contributed by atoms with van der Waals surface area (Å²) in [4.78, 5) is 25.0. The average molecular weight is 369 g/mol. The average Bonchev–Trinajstić information content (AvgIpc) is 3.15. The van der Waals surface area contributed by atoms with Gasteiger partial charge in [0.25, 0.3) is 5.56 Å². The molecule has 1 aromatic carbocycles. The van der Waals surface area contributed by atoms with Gasteiger partial charge in [-0.3, -0.25) is 9.59 Å². The lowest BCUT2D eigenvalue weighted by Crippen LogP contribution is -2.36. The van der Waals surface area contributed by atoms with Gasteiger partial charge < -0.3 is 14.3 Å². The van der Waals surface area contributed by atoms with E-state index in [9.17, 15) is 14.0 Å². The number of benzene rings is 1. The van der Waals surface area contributed by atoms with Gasteiger partial charge in [0, 0.05) is 25.2 Å². The zero-order valence-corrected chi connectivity index (χ0v) is 15.3. The van der Waals surface area contributed by atoms with Crippen LogP contribution in [-0.2, 0) is 11.3 Å². The number of hydrogen-bond donors (Lipinski definition) is 1. The molecule has 5 nitrogen and oxygen atoms in total. The molecule has 1 fully saturated rings. The molecule has 27 heavy (non-hydrogen) atoms. The van der Waals surface area contributed by atoms with E-state index in [1.54, 1.807) is 27.3 Å². The first-order valence-electron chi connectivity index (χ1n) is 9.72. The second kappa shape index (κ2) is 7.55. The second-order valence-electron chi connectivity index (χ2n) is 7.36. The van der Waals surface area contributed by atoms with Crippen molar-refractivity contribution in [3.05, 3.63) is 52.7 Å². The zero-order valence-electron chi connectivity index (χ0n) is 15.3. The largest absolute Gasteiger partial charge is 0.353 e. The summed E-state index contributed by atoms with van der Waals surface area (Å²) in [5.41, 5.74) is 1.73. The van der Waals surface area contributed by atoms with Gasteiger partial charge in [-0.25, -0.2) is 4.39 Å². The van der Waals surface area contributed by atoms with Gasteiger partial charge in [-0.15, -0.1) is 0 Å². The first-order chi connectivity index (χ1) is 13.1. The van der Waals surface area contributed by atoms with Crippen LogP contribution in [0.2, 0.25) is 0 Å². The van der Waals surface area contributed by atoms with Crippen LogP contribution in [0.1, 0.15) is 44.9 Å². The first-order valence-corrected chi connectivity index (χ1v) is 9.72. The highest BCUT2D eigenvalue weighted by Crippen LogP contribution is 2.19. The summed E-state index contributed by atoms with van der Waals surface area (Å²) in [6.45, 7) is 0.387. The Kier molecular flexibility index (Phi) is 4.97. The van der Waals surface area contributed by atoms with Crippen LogP contribution >= 0.6 is 0 Å². The van der Waals surface area contributed by atoms with Crippen molar-refractivity contribution >= 4 is 22.5 Å². The molecule has 1 aliphatic rings. The fraction of sp³-hybridized carbons (Fsp3) is 0.429. The Bertz CT molecular complexity index is 1030. The lowest BCUT2D eigenvalue weighted by Gasteiger charge is -2.22. The fourth-order valence-electron chi connectivity index (χ4n) is 4.10. The maximum absolute atomic E-state index is 13.8. The zero-order chi connectivity index (χ0) is 18.8. The Morgan fingerprint density at radius 3 is 2.74 bits per heavy atom. The number of fused-ring (bicyclic) bond motifs is 3. The molecule has 1 aliphatic carbocycles. The SMILES string of the molecule is O=C(CCCn1c(=O)c2cccn2c2ccc(F)cc21)NC1CCCCC1. The van der Waals surface area contributed by atoms with Gasteiger partial charge in [0.05, 0.1) is 11.0 Å². The smallest absolute Gasteiger partial charge is 0.275 e. The van der Waals surface area contributed by atoms with Crippen molar-refractivity contribution in [2.24, 2.45) is 0 Å². The van der Waals surface area contributed by atoms with Gasteiger partial charge in [-0.1, -0.05) is 19.3 Å². The van der Waals surface area contributed by atoms with E-state index in [0.29, 0.717) is 36.5 Å². The van der Waals surface area contributed by atoms with E-state index in [2.05, 4.69) is 5.32 Å². The highest BCUT2D eigenvalue weighted by Gasteiger charge is 2.16. The number of hydrogen-bond acceptors (Lipinski definition) is 2. The van der Waals surface area contributed by atoms with Crippen molar-refractivity contribution in [3.8, 4) is 0 Å². The van der Waals surface area contributed by atoms with Crippen LogP contribution in [0.5, 0.6) is 0 Å². The molecule has 0 radical (unpaired) electrons. The minimum atomic E-state index is -0.378.